The van der Waals surface area contributed by atoms with Crippen molar-refractivity contribution >= 4 is 25.7 Å². The van der Waals surface area contributed by atoms with E-state index in [1.807, 2.05) is 0 Å². The van der Waals surface area contributed by atoms with Crippen LogP contribution in [0.1, 0.15) is 13.3 Å². The number of pyridine rings is 1. The van der Waals surface area contributed by atoms with Crippen LogP contribution in [0.25, 0.3) is 0 Å². The summed E-state index contributed by atoms with van der Waals surface area (Å²) in [4.78, 5) is 3.72. The van der Waals surface area contributed by atoms with Crippen molar-refractivity contribution in [3.8, 4) is 0 Å². The average molecular weight is 337 g/mol. The van der Waals surface area contributed by atoms with E-state index in [0.29, 0.717) is 6.42 Å². The Morgan fingerprint density at radius 1 is 1.33 bits per heavy atom. The smallest absolute Gasteiger partial charge is 0.259 e. The predicted octanol–water partition coefficient (Wildman–Crippen LogP) is 0.156. The quantitative estimate of drug-likeness (QED) is 0.698. The summed E-state index contributed by atoms with van der Waals surface area (Å²) in [6, 6.07) is 2.78. The van der Waals surface area contributed by atoms with Gasteiger partial charge in [-0.05, 0) is 25.6 Å². The molecule has 0 saturated heterocycles. The highest BCUT2D eigenvalue weighted by Crippen LogP contribution is 2.19. The first-order valence-corrected chi connectivity index (χ1v) is 9.31. The Bertz CT molecular complexity index is 669. The molecule has 1 unspecified atom stereocenters. The van der Waals surface area contributed by atoms with Crippen molar-refractivity contribution in [2.24, 2.45) is 0 Å². The topological polar surface area (TPSA) is 114 Å². The molecule has 0 bridgehead atoms. The lowest BCUT2D eigenvalue weighted by molar-refractivity contribution is 0.117. The number of rotatable bonds is 8. The average Bonchev–Trinajstić information content (AvgIpc) is 2.44. The van der Waals surface area contributed by atoms with Crippen molar-refractivity contribution in [3.63, 3.8) is 0 Å². The van der Waals surface area contributed by atoms with Gasteiger partial charge in [0, 0.05) is 13.3 Å². The fraction of sp³-hybridized carbons (Fsp3) is 0.545. The molecule has 0 saturated carbocycles. The molecular weight excluding hydrogens is 318 g/mol. The molecule has 1 aromatic heterocycles. The Balaban J connectivity index is 3.09. The number of sulfonamides is 2. The highest BCUT2D eigenvalue weighted by molar-refractivity contribution is 7.93. The van der Waals surface area contributed by atoms with E-state index in [0.717, 1.165) is 0 Å². The van der Waals surface area contributed by atoms with Gasteiger partial charge in [-0.1, -0.05) is 6.92 Å². The minimum Gasteiger partial charge on any atom is -0.380 e. The normalized spacial score (nSPS) is 13.9. The van der Waals surface area contributed by atoms with Crippen LogP contribution in [0.5, 0.6) is 0 Å². The Hall–Kier alpha value is -1.23. The molecule has 0 radical (unpaired) electrons. The lowest BCUT2D eigenvalue weighted by atomic mass is 10.3. The number of nitrogens with one attached hydrogen (secondary N) is 2. The van der Waals surface area contributed by atoms with Crippen molar-refractivity contribution in [1.82, 2.24) is 9.71 Å². The van der Waals surface area contributed by atoms with E-state index >= 15 is 0 Å². The first-order chi connectivity index (χ1) is 9.75. The van der Waals surface area contributed by atoms with Crippen LogP contribution in [0.15, 0.2) is 23.4 Å². The number of nitrogens with zero attached hydrogens (tertiary/aromatic N) is 1. The zero-order valence-corrected chi connectivity index (χ0v) is 13.7. The monoisotopic (exact) mass is 337 g/mol. The van der Waals surface area contributed by atoms with Gasteiger partial charge in [-0.25, -0.2) is 26.5 Å². The van der Waals surface area contributed by atoms with E-state index in [9.17, 15) is 16.8 Å². The molecule has 0 aliphatic carbocycles. The summed E-state index contributed by atoms with van der Waals surface area (Å²) < 4.78 is 57.1. The van der Waals surface area contributed by atoms with Gasteiger partial charge < -0.3 is 4.74 Å². The first kappa shape index (κ1) is 17.8. The first-order valence-electron chi connectivity index (χ1n) is 6.17. The molecule has 1 rings (SSSR count). The van der Waals surface area contributed by atoms with Crippen molar-refractivity contribution < 1.29 is 21.6 Å². The van der Waals surface area contributed by atoms with Gasteiger partial charge in [0.05, 0.1) is 17.5 Å². The predicted molar refractivity (Wildman–Crippen MR) is 79.0 cm³/mol. The van der Waals surface area contributed by atoms with Crippen LogP contribution in [0.4, 0.5) is 5.69 Å². The number of ether oxygens (including phenoxy) is 1. The van der Waals surface area contributed by atoms with Crippen LogP contribution in [0.3, 0.4) is 0 Å². The molecule has 0 fully saturated rings. The molecule has 120 valence electrons. The van der Waals surface area contributed by atoms with Crippen LogP contribution >= 0.6 is 0 Å². The maximum absolute atomic E-state index is 12.1. The summed E-state index contributed by atoms with van der Waals surface area (Å²) in [5, 5.41) is -0.374. The lowest BCUT2D eigenvalue weighted by Gasteiger charge is -2.15. The molecule has 0 amide bonds. The number of aromatic nitrogens is 1. The molecule has 0 spiro atoms. The largest absolute Gasteiger partial charge is 0.380 e. The Morgan fingerprint density at radius 3 is 2.52 bits per heavy atom. The van der Waals surface area contributed by atoms with Crippen LogP contribution in [0, 0.1) is 0 Å². The second-order valence-electron chi connectivity index (χ2n) is 4.21. The van der Waals surface area contributed by atoms with Gasteiger partial charge in [-0.15, -0.1) is 0 Å². The molecule has 1 aromatic rings. The van der Waals surface area contributed by atoms with Crippen molar-refractivity contribution in [2.45, 2.75) is 24.5 Å². The fourth-order valence-electron chi connectivity index (χ4n) is 1.59. The minimum absolute atomic E-state index is 0.0993. The molecule has 0 aromatic carbocycles. The Morgan fingerprint density at radius 2 is 2.00 bits per heavy atom. The molecule has 0 aliphatic rings. The highest BCUT2D eigenvalue weighted by atomic mass is 32.2. The summed E-state index contributed by atoms with van der Waals surface area (Å²) in [6.07, 6.45) is 1.32. The summed E-state index contributed by atoms with van der Waals surface area (Å²) in [5.74, 6) is -0.270. The van der Waals surface area contributed by atoms with Gasteiger partial charge in [-0.2, -0.15) is 0 Å². The molecule has 1 heterocycles. The van der Waals surface area contributed by atoms with E-state index < -0.39 is 26.2 Å². The summed E-state index contributed by atoms with van der Waals surface area (Å²) in [7, 11) is -4.97. The van der Waals surface area contributed by atoms with E-state index in [1.165, 1.54) is 32.5 Å². The molecule has 2 N–H and O–H groups in total. The van der Waals surface area contributed by atoms with Crippen molar-refractivity contribution in [1.29, 1.82) is 0 Å². The van der Waals surface area contributed by atoms with Crippen molar-refractivity contribution in [2.75, 3.05) is 24.6 Å². The van der Waals surface area contributed by atoms with Crippen LogP contribution in [0.2, 0.25) is 0 Å². The van der Waals surface area contributed by atoms with Gasteiger partial charge >= 0.3 is 0 Å². The number of anilines is 1. The fourth-order valence-corrected chi connectivity index (χ4v) is 3.90. The van der Waals surface area contributed by atoms with E-state index in [-0.39, 0.29) is 16.5 Å². The van der Waals surface area contributed by atoms with Crippen LogP contribution in [-0.4, -0.2) is 47.8 Å². The van der Waals surface area contributed by atoms with Gasteiger partial charge in [0.2, 0.25) is 10.0 Å². The highest BCUT2D eigenvalue weighted by Gasteiger charge is 2.23. The SMILES string of the molecule is CCC(CS(=O)(=O)Nc1cccnc1S(=O)(=O)NC)OC. The zero-order valence-electron chi connectivity index (χ0n) is 12.0. The molecule has 10 heteroatoms. The van der Waals surface area contributed by atoms with Crippen LogP contribution < -0.4 is 9.44 Å². The second kappa shape index (κ2) is 7.16. The molecule has 21 heavy (non-hydrogen) atoms. The van der Waals surface area contributed by atoms with Crippen LogP contribution in [-0.2, 0) is 24.8 Å². The van der Waals surface area contributed by atoms with E-state index in [1.54, 1.807) is 6.92 Å². The third-order valence-electron chi connectivity index (χ3n) is 2.75. The Labute approximate surface area is 125 Å². The number of methoxy groups -OCH3 is 1. The van der Waals surface area contributed by atoms with E-state index in [2.05, 4.69) is 14.4 Å². The lowest BCUT2D eigenvalue weighted by Crippen LogP contribution is -2.28. The van der Waals surface area contributed by atoms with Gasteiger partial charge in [-0.3, -0.25) is 4.72 Å². The Kier molecular flexibility index (Phi) is 6.08. The number of hydrogen-bond acceptors (Lipinski definition) is 6. The van der Waals surface area contributed by atoms with Gasteiger partial charge in [0.25, 0.3) is 10.0 Å². The maximum Gasteiger partial charge on any atom is 0.259 e. The second-order valence-corrected chi connectivity index (χ2v) is 7.78. The van der Waals surface area contributed by atoms with Gasteiger partial charge in [0.15, 0.2) is 5.03 Å². The summed E-state index contributed by atoms with van der Waals surface area (Å²) in [6.45, 7) is 1.80. The third kappa shape index (κ3) is 4.92. The molecule has 0 aliphatic heterocycles. The summed E-state index contributed by atoms with van der Waals surface area (Å²) >= 11 is 0. The minimum atomic E-state index is -3.86. The number of hydrogen-bond donors (Lipinski definition) is 2. The van der Waals surface area contributed by atoms with Crippen molar-refractivity contribution in [3.05, 3.63) is 18.3 Å². The van der Waals surface area contributed by atoms with E-state index in [4.69, 9.17) is 4.74 Å². The molecule has 8 nitrogen and oxygen atoms in total. The molecule has 1 atom stereocenters. The third-order valence-corrected chi connectivity index (χ3v) is 5.47. The molecular formula is C11H19N3O5S2. The standard InChI is InChI=1S/C11H19N3O5S2/c1-4-9(19-3)8-20(15,16)14-10-6-5-7-13-11(10)21(17,18)12-2/h5-7,9,12,14H,4,8H2,1-3H3. The summed E-state index contributed by atoms with van der Waals surface area (Å²) in [5.41, 5.74) is -0.0993. The zero-order chi connectivity index (χ0) is 16.1. The maximum atomic E-state index is 12.1. The van der Waals surface area contributed by atoms with Gasteiger partial charge in [0.1, 0.15) is 0 Å².